The van der Waals surface area contributed by atoms with Gasteiger partial charge in [-0.2, -0.15) is 13.2 Å². The molecule has 0 aliphatic heterocycles. The minimum absolute atomic E-state index is 0.231. The largest absolute Gasteiger partial charge is 0.397 e. The number of hydrogen-bond donors (Lipinski definition) is 1. The van der Waals surface area contributed by atoms with Gasteiger partial charge in [0.25, 0.3) is 0 Å². The third-order valence-corrected chi connectivity index (χ3v) is 0.735. The predicted octanol–water partition coefficient (Wildman–Crippen LogP) is 2.10. The third kappa shape index (κ3) is 12.0. The smallest absolute Gasteiger partial charge is 0.356 e. The molecular formula is C7H14F3NO. The molecular weight excluding hydrogens is 171 g/mol. The first-order valence-corrected chi connectivity index (χ1v) is 3.79. The van der Waals surface area contributed by atoms with Crippen LogP contribution in [-0.2, 0) is 4.79 Å². The first-order chi connectivity index (χ1) is 5.45. The van der Waals surface area contributed by atoms with Crippen molar-refractivity contribution in [2.24, 2.45) is 0 Å². The molecule has 2 nitrogen and oxygen atoms in total. The zero-order chi connectivity index (χ0) is 10.2. The number of alkyl halides is 3. The molecule has 0 aliphatic carbocycles. The summed E-state index contributed by atoms with van der Waals surface area (Å²) in [5.41, 5.74) is 0. The van der Waals surface area contributed by atoms with Gasteiger partial charge in [0.05, 0.1) is 0 Å². The zero-order valence-corrected chi connectivity index (χ0v) is 7.46. The summed E-state index contributed by atoms with van der Waals surface area (Å²) in [6, 6.07) is 0. The van der Waals surface area contributed by atoms with Crippen LogP contribution in [-0.4, -0.2) is 18.6 Å². The molecule has 0 saturated carbocycles. The number of carbonyl (C=O) groups excluding carboxylic acids is 1. The van der Waals surface area contributed by atoms with E-state index in [4.69, 9.17) is 0 Å². The fourth-order valence-corrected chi connectivity index (χ4v) is 0.442. The Labute approximate surface area is 70.1 Å². The molecule has 0 aliphatic rings. The van der Waals surface area contributed by atoms with Crippen LogP contribution in [0.5, 0.6) is 0 Å². The Hall–Kier alpha value is -0.740. The summed E-state index contributed by atoms with van der Waals surface area (Å²) < 4.78 is 34.1. The lowest BCUT2D eigenvalue weighted by molar-refractivity contribution is -0.153. The standard InChI is InChI=1S/C5H8F3NO.C2H6/c1-2-9-4(10)3-5(6,7)8;1-2/h2-3H2,1H3,(H,9,10);1-2H3. The maximum atomic E-state index is 11.4. The summed E-state index contributed by atoms with van der Waals surface area (Å²) in [5.74, 6) is -0.977. The van der Waals surface area contributed by atoms with Gasteiger partial charge in [0.1, 0.15) is 6.42 Å². The highest BCUT2D eigenvalue weighted by Crippen LogP contribution is 2.18. The summed E-state index contributed by atoms with van der Waals surface area (Å²) in [4.78, 5) is 10.2. The number of hydrogen-bond acceptors (Lipinski definition) is 1. The minimum Gasteiger partial charge on any atom is -0.356 e. The van der Waals surface area contributed by atoms with Gasteiger partial charge >= 0.3 is 6.18 Å². The van der Waals surface area contributed by atoms with Crippen LogP contribution in [0.1, 0.15) is 27.2 Å². The molecule has 0 fully saturated rings. The Morgan fingerprint density at radius 1 is 1.33 bits per heavy atom. The van der Waals surface area contributed by atoms with Crippen LogP contribution in [0.4, 0.5) is 13.2 Å². The first kappa shape index (κ1) is 13.8. The number of carbonyl (C=O) groups is 1. The van der Waals surface area contributed by atoms with E-state index in [1.54, 1.807) is 6.92 Å². The zero-order valence-electron chi connectivity index (χ0n) is 7.46. The molecule has 0 rings (SSSR count). The average molecular weight is 185 g/mol. The fraction of sp³-hybridized carbons (Fsp3) is 0.857. The maximum Gasteiger partial charge on any atom is 0.397 e. The third-order valence-electron chi connectivity index (χ3n) is 0.735. The second-order valence-electron chi connectivity index (χ2n) is 1.75. The highest BCUT2D eigenvalue weighted by Gasteiger charge is 2.30. The molecule has 0 aromatic heterocycles. The van der Waals surface area contributed by atoms with E-state index in [0.29, 0.717) is 0 Å². The number of nitrogens with one attached hydrogen (secondary N) is 1. The average Bonchev–Trinajstić information content (AvgIpc) is 1.88. The summed E-state index contributed by atoms with van der Waals surface area (Å²) in [7, 11) is 0. The van der Waals surface area contributed by atoms with Gasteiger partial charge in [-0.3, -0.25) is 4.79 Å². The van der Waals surface area contributed by atoms with Crippen LogP contribution in [0, 0.1) is 0 Å². The monoisotopic (exact) mass is 185 g/mol. The Bertz CT molecular complexity index is 122. The van der Waals surface area contributed by atoms with Crippen molar-refractivity contribution in [1.29, 1.82) is 0 Å². The first-order valence-electron chi connectivity index (χ1n) is 3.79. The minimum atomic E-state index is -4.39. The van der Waals surface area contributed by atoms with E-state index in [1.807, 2.05) is 19.2 Å². The summed E-state index contributed by atoms with van der Waals surface area (Å²) in [6.07, 6.45) is -5.78. The van der Waals surface area contributed by atoms with Crippen LogP contribution in [0.2, 0.25) is 0 Å². The lowest BCUT2D eigenvalue weighted by Gasteiger charge is -2.04. The second-order valence-corrected chi connectivity index (χ2v) is 1.75. The van der Waals surface area contributed by atoms with E-state index in [2.05, 4.69) is 0 Å². The molecule has 0 unspecified atom stereocenters. The topological polar surface area (TPSA) is 29.1 Å². The molecule has 0 heterocycles. The lowest BCUT2D eigenvalue weighted by Crippen LogP contribution is -2.28. The fourth-order valence-electron chi connectivity index (χ4n) is 0.442. The van der Waals surface area contributed by atoms with Crippen LogP contribution >= 0.6 is 0 Å². The Morgan fingerprint density at radius 3 is 2.00 bits per heavy atom. The Morgan fingerprint density at radius 2 is 1.75 bits per heavy atom. The number of amides is 1. The molecule has 74 valence electrons. The highest BCUT2D eigenvalue weighted by atomic mass is 19.4. The van der Waals surface area contributed by atoms with E-state index in [0.717, 1.165) is 0 Å². The predicted molar refractivity (Wildman–Crippen MR) is 40.7 cm³/mol. The lowest BCUT2D eigenvalue weighted by atomic mass is 10.4. The van der Waals surface area contributed by atoms with E-state index in [-0.39, 0.29) is 6.54 Å². The Kier molecular flexibility index (Phi) is 7.99. The SMILES string of the molecule is CC.CCNC(=O)CC(F)(F)F. The number of halogens is 3. The normalized spacial score (nSPS) is 9.83. The molecule has 1 amide bonds. The van der Waals surface area contributed by atoms with Gasteiger partial charge in [0.15, 0.2) is 0 Å². The van der Waals surface area contributed by atoms with Crippen LogP contribution in [0.15, 0.2) is 0 Å². The molecule has 0 saturated heterocycles. The van der Waals surface area contributed by atoms with Gasteiger partial charge in [0.2, 0.25) is 5.91 Å². The highest BCUT2D eigenvalue weighted by molar-refractivity contribution is 5.76. The molecule has 0 bridgehead atoms. The quantitative estimate of drug-likeness (QED) is 0.701. The van der Waals surface area contributed by atoms with Crippen molar-refractivity contribution in [3.8, 4) is 0 Å². The Balaban J connectivity index is 0. The van der Waals surface area contributed by atoms with Crippen molar-refractivity contribution in [2.45, 2.75) is 33.4 Å². The van der Waals surface area contributed by atoms with E-state index in [1.165, 1.54) is 0 Å². The van der Waals surface area contributed by atoms with Gasteiger partial charge in [-0.05, 0) is 6.92 Å². The van der Waals surface area contributed by atoms with Crippen molar-refractivity contribution in [3.05, 3.63) is 0 Å². The van der Waals surface area contributed by atoms with E-state index >= 15 is 0 Å². The summed E-state index contributed by atoms with van der Waals surface area (Å²) in [6.45, 7) is 5.79. The molecule has 0 spiro atoms. The van der Waals surface area contributed by atoms with Gasteiger partial charge in [0, 0.05) is 6.54 Å². The molecule has 0 aromatic carbocycles. The molecule has 0 atom stereocenters. The molecule has 0 radical (unpaired) electrons. The molecule has 5 heteroatoms. The maximum absolute atomic E-state index is 11.4. The van der Waals surface area contributed by atoms with Crippen molar-refractivity contribution >= 4 is 5.91 Å². The van der Waals surface area contributed by atoms with Gasteiger partial charge in [-0.15, -0.1) is 0 Å². The van der Waals surface area contributed by atoms with Crippen molar-refractivity contribution in [3.63, 3.8) is 0 Å². The molecule has 0 aromatic rings. The van der Waals surface area contributed by atoms with Crippen LogP contribution < -0.4 is 5.32 Å². The molecule has 1 N–H and O–H groups in total. The van der Waals surface area contributed by atoms with Crippen LogP contribution in [0.25, 0.3) is 0 Å². The molecule has 12 heavy (non-hydrogen) atoms. The summed E-state index contributed by atoms with van der Waals surface area (Å²) in [5, 5.41) is 2.04. The van der Waals surface area contributed by atoms with E-state index in [9.17, 15) is 18.0 Å². The van der Waals surface area contributed by atoms with Crippen molar-refractivity contribution < 1.29 is 18.0 Å². The van der Waals surface area contributed by atoms with Crippen LogP contribution in [0.3, 0.4) is 0 Å². The van der Waals surface area contributed by atoms with Gasteiger partial charge < -0.3 is 5.32 Å². The van der Waals surface area contributed by atoms with Gasteiger partial charge in [-0.1, -0.05) is 13.8 Å². The summed E-state index contributed by atoms with van der Waals surface area (Å²) >= 11 is 0. The second kappa shape index (κ2) is 6.94. The number of rotatable bonds is 2. The van der Waals surface area contributed by atoms with Crippen molar-refractivity contribution in [1.82, 2.24) is 5.32 Å². The van der Waals surface area contributed by atoms with Crippen molar-refractivity contribution in [2.75, 3.05) is 6.54 Å². The van der Waals surface area contributed by atoms with E-state index < -0.39 is 18.5 Å². The van der Waals surface area contributed by atoms with Gasteiger partial charge in [-0.25, -0.2) is 0 Å².